The van der Waals surface area contributed by atoms with Crippen LogP contribution in [0.2, 0.25) is 0 Å². The van der Waals surface area contributed by atoms with Crippen LogP contribution in [0.25, 0.3) is 0 Å². The van der Waals surface area contributed by atoms with Crippen LogP contribution in [0.5, 0.6) is 0 Å². The molecule has 3 N–H and O–H groups in total. The standard InChI is InChI=1S/C10H13N5O2S/c1-12-9(16)8-14-7(17-15-8)4-2-3-6-5-18-10(11)13-6/h5H,2-4H2,1H3,(H2,11,13)(H,12,16). The fraction of sp³-hybridized carbons (Fsp3) is 0.400. The van der Waals surface area contributed by atoms with Crippen LogP contribution in [0.15, 0.2) is 9.90 Å². The Balaban J connectivity index is 1.83. The molecule has 0 saturated heterocycles. The van der Waals surface area contributed by atoms with Crippen LogP contribution in [0.4, 0.5) is 5.13 Å². The summed E-state index contributed by atoms with van der Waals surface area (Å²) in [5, 5.41) is 8.52. The van der Waals surface area contributed by atoms with Gasteiger partial charge in [-0.1, -0.05) is 5.16 Å². The second-order valence-corrected chi connectivity index (χ2v) is 4.51. The van der Waals surface area contributed by atoms with Crippen LogP contribution in [0.1, 0.15) is 28.6 Å². The molecule has 2 heterocycles. The minimum Gasteiger partial charge on any atom is -0.375 e. The maximum atomic E-state index is 11.2. The summed E-state index contributed by atoms with van der Waals surface area (Å²) in [6, 6.07) is 0. The van der Waals surface area contributed by atoms with Crippen LogP contribution in [0.3, 0.4) is 0 Å². The zero-order chi connectivity index (χ0) is 13.0. The van der Waals surface area contributed by atoms with Crippen LogP contribution in [-0.2, 0) is 12.8 Å². The molecule has 1 amide bonds. The number of hydrogen-bond acceptors (Lipinski definition) is 7. The molecule has 2 aromatic rings. The molecular formula is C10H13N5O2S. The van der Waals surface area contributed by atoms with Crippen molar-refractivity contribution >= 4 is 22.4 Å². The topological polar surface area (TPSA) is 107 Å². The molecule has 0 radical (unpaired) electrons. The van der Waals surface area contributed by atoms with Gasteiger partial charge in [0, 0.05) is 18.8 Å². The van der Waals surface area contributed by atoms with Crippen molar-refractivity contribution in [2.75, 3.05) is 12.8 Å². The number of carbonyl (C=O) groups excluding carboxylic acids is 1. The fourth-order valence-electron chi connectivity index (χ4n) is 1.42. The molecule has 0 aromatic carbocycles. The van der Waals surface area contributed by atoms with E-state index < -0.39 is 0 Å². The average molecular weight is 267 g/mol. The minimum absolute atomic E-state index is 0.0606. The monoisotopic (exact) mass is 267 g/mol. The van der Waals surface area contributed by atoms with Gasteiger partial charge in [-0.3, -0.25) is 4.79 Å². The number of rotatable bonds is 5. The second kappa shape index (κ2) is 5.58. The predicted molar refractivity (Wildman–Crippen MR) is 66.2 cm³/mol. The summed E-state index contributed by atoms with van der Waals surface area (Å²) < 4.78 is 4.97. The lowest BCUT2D eigenvalue weighted by Crippen LogP contribution is -2.19. The van der Waals surface area contributed by atoms with E-state index in [2.05, 4.69) is 20.4 Å². The van der Waals surface area contributed by atoms with Gasteiger partial charge in [0.05, 0.1) is 5.69 Å². The van der Waals surface area contributed by atoms with Crippen molar-refractivity contribution in [3.8, 4) is 0 Å². The van der Waals surface area contributed by atoms with Gasteiger partial charge in [0.25, 0.3) is 11.7 Å². The molecule has 0 spiro atoms. The molecule has 8 heteroatoms. The molecule has 0 aliphatic heterocycles. The van der Waals surface area contributed by atoms with E-state index in [1.807, 2.05) is 5.38 Å². The molecule has 0 aliphatic carbocycles. The summed E-state index contributed by atoms with van der Waals surface area (Å²) in [6.07, 6.45) is 2.23. The van der Waals surface area contributed by atoms with Crippen LogP contribution in [0, 0.1) is 0 Å². The molecular weight excluding hydrogens is 254 g/mol. The lowest BCUT2D eigenvalue weighted by molar-refractivity contribution is 0.0950. The molecule has 0 atom stereocenters. The number of amides is 1. The first-order chi connectivity index (χ1) is 8.69. The summed E-state index contributed by atoms with van der Waals surface area (Å²) in [4.78, 5) is 19.3. The maximum absolute atomic E-state index is 11.2. The van der Waals surface area contributed by atoms with E-state index in [0.29, 0.717) is 17.4 Å². The Morgan fingerprint density at radius 1 is 1.50 bits per heavy atom. The van der Waals surface area contributed by atoms with Crippen molar-refractivity contribution in [1.82, 2.24) is 20.4 Å². The zero-order valence-electron chi connectivity index (χ0n) is 9.84. The maximum Gasteiger partial charge on any atom is 0.292 e. The van der Waals surface area contributed by atoms with E-state index in [-0.39, 0.29) is 11.7 Å². The Hall–Kier alpha value is -1.96. The van der Waals surface area contributed by atoms with Gasteiger partial charge in [0.1, 0.15) is 0 Å². The summed E-state index contributed by atoms with van der Waals surface area (Å²) in [5.41, 5.74) is 6.50. The van der Waals surface area contributed by atoms with Crippen LogP contribution in [-0.4, -0.2) is 28.1 Å². The Labute approximate surface area is 107 Å². The van der Waals surface area contributed by atoms with Crippen LogP contribution < -0.4 is 11.1 Å². The number of carbonyl (C=O) groups is 1. The van der Waals surface area contributed by atoms with E-state index in [1.165, 1.54) is 18.4 Å². The highest BCUT2D eigenvalue weighted by atomic mass is 32.1. The number of hydrogen-bond donors (Lipinski definition) is 2. The van der Waals surface area contributed by atoms with E-state index in [1.54, 1.807) is 0 Å². The van der Waals surface area contributed by atoms with Crippen molar-refractivity contribution in [2.45, 2.75) is 19.3 Å². The summed E-state index contributed by atoms with van der Waals surface area (Å²) >= 11 is 1.42. The molecule has 96 valence electrons. The molecule has 7 nitrogen and oxygen atoms in total. The number of aromatic nitrogens is 3. The molecule has 0 saturated carbocycles. The lowest BCUT2D eigenvalue weighted by atomic mass is 10.2. The highest BCUT2D eigenvalue weighted by Crippen LogP contribution is 2.13. The van der Waals surface area contributed by atoms with Crippen LogP contribution >= 0.6 is 11.3 Å². The van der Waals surface area contributed by atoms with Crippen molar-refractivity contribution in [2.24, 2.45) is 0 Å². The van der Waals surface area contributed by atoms with E-state index >= 15 is 0 Å². The van der Waals surface area contributed by atoms with Gasteiger partial charge < -0.3 is 15.6 Å². The number of anilines is 1. The zero-order valence-corrected chi connectivity index (χ0v) is 10.7. The van der Waals surface area contributed by atoms with Gasteiger partial charge in [0.15, 0.2) is 5.13 Å². The minimum atomic E-state index is -0.350. The fourth-order valence-corrected chi connectivity index (χ4v) is 2.02. The molecule has 2 aromatic heterocycles. The first-order valence-electron chi connectivity index (χ1n) is 5.43. The van der Waals surface area contributed by atoms with Crippen molar-refractivity contribution in [3.63, 3.8) is 0 Å². The Kier molecular flexibility index (Phi) is 3.88. The van der Waals surface area contributed by atoms with Crippen molar-refractivity contribution in [1.29, 1.82) is 0 Å². The molecule has 18 heavy (non-hydrogen) atoms. The quantitative estimate of drug-likeness (QED) is 0.823. The normalized spacial score (nSPS) is 10.5. The SMILES string of the molecule is CNC(=O)c1noc(CCCc2csc(N)n2)n1. The van der Waals surface area contributed by atoms with Gasteiger partial charge in [-0.2, -0.15) is 4.98 Å². The number of nitrogens with one attached hydrogen (secondary N) is 1. The Morgan fingerprint density at radius 2 is 2.33 bits per heavy atom. The van der Waals surface area contributed by atoms with E-state index in [4.69, 9.17) is 10.3 Å². The largest absolute Gasteiger partial charge is 0.375 e. The number of nitrogens with zero attached hydrogens (tertiary/aromatic N) is 3. The molecule has 0 aliphatic rings. The number of nitrogens with two attached hydrogens (primary N) is 1. The first-order valence-corrected chi connectivity index (χ1v) is 6.31. The Morgan fingerprint density at radius 3 is 3.00 bits per heavy atom. The molecule has 0 fully saturated rings. The molecule has 0 bridgehead atoms. The summed E-state index contributed by atoms with van der Waals surface area (Å²) in [5.74, 6) is 0.166. The third-order valence-electron chi connectivity index (χ3n) is 2.29. The first kappa shape index (κ1) is 12.5. The average Bonchev–Trinajstić information content (AvgIpc) is 2.98. The number of aryl methyl sites for hydroxylation is 2. The van der Waals surface area contributed by atoms with E-state index in [0.717, 1.165) is 18.5 Å². The molecule has 0 unspecified atom stereocenters. The van der Waals surface area contributed by atoms with E-state index in [9.17, 15) is 4.79 Å². The smallest absolute Gasteiger partial charge is 0.292 e. The van der Waals surface area contributed by atoms with Crippen molar-refractivity contribution in [3.05, 3.63) is 22.8 Å². The highest BCUT2D eigenvalue weighted by Gasteiger charge is 2.12. The predicted octanol–water partition coefficient (Wildman–Crippen LogP) is 0.643. The lowest BCUT2D eigenvalue weighted by Gasteiger charge is -1.93. The van der Waals surface area contributed by atoms with Gasteiger partial charge in [-0.25, -0.2) is 4.98 Å². The van der Waals surface area contributed by atoms with Gasteiger partial charge in [-0.15, -0.1) is 11.3 Å². The second-order valence-electron chi connectivity index (χ2n) is 3.62. The summed E-state index contributed by atoms with van der Waals surface area (Å²) in [6.45, 7) is 0. The number of nitrogen functional groups attached to an aromatic ring is 1. The number of thiazole rings is 1. The van der Waals surface area contributed by atoms with Crippen molar-refractivity contribution < 1.29 is 9.32 Å². The summed E-state index contributed by atoms with van der Waals surface area (Å²) in [7, 11) is 1.52. The van der Waals surface area contributed by atoms with Gasteiger partial charge in [0.2, 0.25) is 5.89 Å². The highest BCUT2D eigenvalue weighted by molar-refractivity contribution is 7.13. The van der Waals surface area contributed by atoms with Gasteiger partial charge >= 0.3 is 0 Å². The third kappa shape index (κ3) is 3.04. The molecule has 2 rings (SSSR count). The third-order valence-corrected chi connectivity index (χ3v) is 3.01. The van der Waals surface area contributed by atoms with Gasteiger partial charge in [-0.05, 0) is 12.8 Å². The Bertz CT molecular complexity index is 536.